The molecule has 0 aromatic carbocycles. The predicted octanol–water partition coefficient (Wildman–Crippen LogP) is 2.25. The van der Waals surface area contributed by atoms with Crippen LogP contribution in [0.2, 0.25) is 0 Å². The van der Waals surface area contributed by atoms with Crippen molar-refractivity contribution in [1.29, 1.82) is 0 Å². The third-order valence-corrected chi connectivity index (χ3v) is 4.57. The van der Waals surface area contributed by atoms with Gasteiger partial charge in [0.05, 0.1) is 25.9 Å². The van der Waals surface area contributed by atoms with Gasteiger partial charge in [-0.15, -0.1) is 0 Å². The number of hydrogen-bond acceptors (Lipinski definition) is 4. The standard InChI is InChI=1S/C19H40N4O2/c1-5-20-19(21-12-15-24-16-18-11-9-14-25-18)22-17(4)10-8-13-23(6-2)7-3/h17-18H,5-16H2,1-4H3,(H2,20,21,22). The van der Waals surface area contributed by atoms with E-state index in [1.54, 1.807) is 0 Å². The van der Waals surface area contributed by atoms with Crippen molar-refractivity contribution in [2.45, 2.75) is 65.5 Å². The van der Waals surface area contributed by atoms with Gasteiger partial charge >= 0.3 is 0 Å². The molecule has 1 aliphatic rings. The Bertz CT molecular complexity index is 342. The average molecular weight is 357 g/mol. The average Bonchev–Trinajstić information content (AvgIpc) is 3.12. The maximum Gasteiger partial charge on any atom is 0.191 e. The monoisotopic (exact) mass is 356 g/mol. The van der Waals surface area contributed by atoms with Crippen LogP contribution in [0.25, 0.3) is 0 Å². The molecule has 0 amide bonds. The SMILES string of the molecule is CCNC(=NCCOCC1CCCO1)NC(C)CCCN(CC)CC. The Hall–Kier alpha value is -0.850. The van der Waals surface area contributed by atoms with E-state index in [1.807, 2.05) is 0 Å². The van der Waals surface area contributed by atoms with Crippen LogP contribution >= 0.6 is 0 Å². The largest absolute Gasteiger partial charge is 0.377 e. The number of nitrogens with one attached hydrogen (secondary N) is 2. The van der Waals surface area contributed by atoms with Crippen LogP contribution in [0.3, 0.4) is 0 Å². The lowest BCUT2D eigenvalue weighted by Crippen LogP contribution is -2.42. The van der Waals surface area contributed by atoms with Gasteiger partial charge in [0.1, 0.15) is 0 Å². The first-order valence-corrected chi connectivity index (χ1v) is 10.2. The van der Waals surface area contributed by atoms with Crippen molar-refractivity contribution in [3.63, 3.8) is 0 Å². The van der Waals surface area contributed by atoms with Crippen molar-refractivity contribution < 1.29 is 9.47 Å². The summed E-state index contributed by atoms with van der Waals surface area (Å²) in [6.07, 6.45) is 4.93. The first-order chi connectivity index (χ1) is 12.2. The number of rotatable bonds is 13. The molecule has 0 aromatic rings. The Morgan fingerprint density at radius 2 is 2.12 bits per heavy atom. The fourth-order valence-electron chi connectivity index (χ4n) is 3.00. The van der Waals surface area contributed by atoms with Gasteiger partial charge in [0.25, 0.3) is 0 Å². The molecule has 25 heavy (non-hydrogen) atoms. The topological polar surface area (TPSA) is 58.1 Å². The third-order valence-electron chi connectivity index (χ3n) is 4.57. The molecule has 1 fully saturated rings. The molecule has 6 nitrogen and oxygen atoms in total. The summed E-state index contributed by atoms with van der Waals surface area (Å²) in [5, 5.41) is 6.82. The van der Waals surface area contributed by atoms with Gasteiger partial charge in [-0.3, -0.25) is 4.99 Å². The number of ether oxygens (including phenoxy) is 2. The Kier molecular flexibility index (Phi) is 12.7. The second-order valence-electron chi connectivity index (χ2n) is 6.69. The van der Waals surface area contributed by atoms with Crippen molar-refractivity contribution in [3.05, 3.63) is 0 Å². The lowest BCUT2D eigenvalue weighted by Gasteiger charge is -2.21. The minimum atomic E-state index is 0.293. The Balaban J connectivity index is 2.19. The zero-order chi connectivity index (χ0) is 18.3. The molecule has 6 heteroatoms. The smallest absolute Gasteiger partial charge is 0.191 e. The van der Waals surface area contributed by atoms with Gasteiger partial charge in [0.2, 0.25) is 0 Å². The normalized spacial score (nSPS) is 19.4. The van der Waals surface area contributed by atoms with Crippen LogP contribution in [0.15, 0.2) is 4.99 Å². The van der Waals surface area contributed by atoms with Gasteiger partial charge in [-0.05, 0) is 59.2 Å². The summed E-state index contributed by atoms with van der Waals surface area (Å²) in [6.45, 7) is 16.0. The molecule has 0 saturated carbocycles. The summed E-state index contributed by atoms with van der Waals surface area (Å²) in [7, 11) is 0. The van der Waals surface area contributed by atoms with E-state index >= 15 is 0 Å². The van der Waals surface area contributed by atoms with Crippen LogP contribution in [-0.4, -0.2) is 75.5 Å². The van der Waals surface area contributed by atoms with Gasteiger partial charge < -0.3 is 25.0 Å². The maximum atomic E-state index is 5.67. The van der Waals surface area contributed by atoms with E-state index in [1.165, 1.54) is 13.0 Å². The fourth-order valence-corrected chi connectivity index (χ4v) is 3.00. The number of hydrogen-bond donors (Lipinski definition) is 2. The summed E-state index contributed by atoms with van der Waals surface area (Å²) < 4.78 is 11.2. The van der Waals surface area contributed by atoms with E-state index in [4.69, 9.17) is 9.47 Å². The number of aliphatic imine (C=N–C) groups is 1. The molecule has 1 rings (SSSR count). The van der Waals surface area contributed by atoms with E-state index in [2.05, 4.69) is 48.2 Å². The zero-order valence-electron chi connectivity index (χ0n) is 16.9. The molecule has 0 aromatic heterocycles. The molecular weight excluding hydrogens is 316 g/mol. The number of guanidine groups is 1. The Morgan fingerprint density at radius 3 is 2.76 bits per heavy atom. The van der Waals surface area contributed by atoms with Gasteiger partial charge in [0, 0.05) is 19.2 Å². The highest BCUT2D eigenvalue weighted by Gasteiger charge is 2.14. The van der Waals surface area contributed by atoms with Gasteiger partial charge in [-0.2, -0.15) is 0 Å². The van der Waals surface area contributed by atoms with Crippen molar-refractivity contribution >= 4 is 5.96 Å². The second-order valence-corrected chi connectivity index (χ2v) is 6.69. The molecule has 0 aliphatic carbocycles. The minimum absolute atomic E-state index is 0.293. The predicted molar refractivity (Wildman–Crippen MR) is 105 cm³/mol. The van der Waals surface area contributed by atoms with Crippen molar-refractivity contribution in [2.75, 3.05) is 52.5 Å². The van der Waals surface area contributed by atoms with Crippen LogP contribution in [0.5, 0.6) is 0 Å². The summed E-state index contributed by atoms with van der Waals surface area (Å²) in [5.41, 5.74) is 0. The molecule has 1 aliphatic heterocycles. The molecule has 1 saturated heterocycles. The third kappa shape index (κ3) is 10.7. The van der Waals surface area contributed by atoms with E-state index in [0.717, 1.165) is 51.5 Å². The van der Waals surface area contributed by atoms with E-state index in [-0.39, 0.29) is 0 Å². The Morgan fingerprint density at radius 1 is 1.32 bits per heavy atom. The summed E-state index contributed by atoms with van der Waals surface area (Å²) in [6, 6.07) is 0.418. The number of nitrogens with zero attached hydrogens (tertiary/aromatic N) is 2. The summed E-state index contributed by atoms with van der Waals surface area (Å²) in [4.78, 5) is 7.08. The van der Waals surface area contributed by atoms with Crippen molar-refractivity contribution in [1.82, 2.24) is 15.5 Å². The van der Waals surface area contributed by atoms with Crippen LogP contribution < -0.4 is 10.6 Å². The van der Waals surface area contributed by atoms with Crippen LogP contribution in [-0.2, 0) is 9.47 Å². The minimum Gasteiger partial charge on any atom is -0.377 e. The molecule has 2 N–H and O–H groups in total. The maximum absolute atomic E-state index is 5.67. The van der Waals surface area contributed by atoms with E-state index in [9.17, 15) is 0 Å². The fraction of sp³-hybridized carbons (Fsp3) is 0.947. The lowest BCUT2D eigenvalue weighted by molar-refractivity contribution is 0.0200. The van der Waals surface area contributed by atoms with Crippen molar-refractivity contribution in [3.8, 4) is 0 Å². The highest BCUT2D eigenvalue weighted by Crippen LogP contribution is 2.11. The molecule has 2 atom stereocenters. The lowest BCUT2D eigenvalue weighted by atomic mass is 10.2. The van der Waals surface area contributed by atoms with Gasteiger partial charge in [0.15, 0.2) is 5.96 Å². The molecule has 0 spiro atoms. The molecule has 0 bridgehead atoms. The quantitative estimate of drug-likeness (QED) is 0.301. The van der Waals surface area contributed by atoms with Crippen LogP contribution in [0.4, 0.5) is 0 Å². The molecule has 1 heterocycles. The summed E-state index contributed by atoms with van der Waals surface area (Å²) in [5.74, 6) is 0.888. The molecule has 0 radical (unpaired) electrons. The van der Waals surface area contributed by atoms with E-state index in [0.29, 0.717) is 31.9 Å². The van der Waals surface area contributed by atoms with Gasteiger partial charge in [-0.1, -0.05) is 13.8 Å². The summed E-state index contributed by atoms with van der Waals surface area (Å²) >= 11 is 0. The molecule has 2 unspecified atom stereocenters. The Labute approximate surface area is 154 Å². The second kappa shape index (κ2) is 14.3. The first kappa shape index (κ1) is 22.2. The van der Waals surface area contributed by atoms with Crippen LogP contribution in [0, 0.1) is 0 Å². The molecular formula is C19H40N4O2. The first-order valence-electron chi connectivity index (χ1n) is 10.2. The zero-order valence-corrected chi connectivity index (χ0v) is 16.9. The van der Waals surface area contributed by atoms with Gasteiger partial charge in [-0.25, -0.2) is 0 Å². The highest BCUT2D eigenvalue weighted by atomic mass is 16.5. The molecule has 148 valence electrons. The highest BCUT2D eigenvalue weighted by molar-refractivity contribution is 5.80. The van der Waals surface area contributed by atoms with Crippen molar-refractivity contribution in [2.24, 2.45) is 4.99 Å². The van der Waals surface area contributed by atoms with E-state index < -0.39 is 0 Å². The van der Waals surface area contributed by atoms with Crippen LogP contribution in [0.1, 0.15) is 53.4 Å².